The molecule has 6 aromatic rings. The molecule has 0 N–H and O–H groups in total. The smallest absolute Gasteiger partial charge is 0.418 e. The predicted molar refractivity (Wildman–Crippen MR) is 154 cm³/mol. The zero-order valence-electron chi connectivity index (χ0n) is 22.8. The molecule has 0 spiro atoms. The van der Waals surface area contributed by atoms with E-state index in [1.165, 1.54) is 13.0 Å². The molecule has 40 heavy (non-hydrogen) atoms. The molecule has 0 fully saturated rings. The molecule has 0 unspecified atom stereocenters. The van der Waals surface area contributed by atoms with Crippen LogP contribution in [0.15, 0.2) is 66.7 Å². The highest BCUT2D eigenvalue weighted by Crippen LogP contribution is 2.56. The van der Waals surface area contributed by atoms with Crippen LogP contribution in [-0.2, 0) is 17.0 Å². The maximum Gasteiger partial charge on any atom is 0.418 e. The number of benzene rings is 5. The lowest BCUT2D eigenvalue weighted by atomic mass is 9.74. The molecule has 0 bridgehead atoms. The molecule has 1 aliphatic heterocycles. The summed E-state index contributed by atoms with van der Waals surface area (Å²) in [6.45, 7) is 9.92. The van der Waals surface area contributed by atoms with E-state index in [0.717, 1.165) is 66.1 Å². The topological polar surface area (TPSA) is 22.1 Å². The molecular formula is C35H26F3NO. The van der Waals surface area contributed by atoms with E-state index in [-0.39, 0.29) is 11.1 Å². The monoisotopic (exact) mass is 533 g/mol. The van der Waals surface area contributed by atoms with Crippen LogP contribution in [0.5, 0.6) is 11.5 Å². The third-order valence-electron chi connectivity index (χ3n) is 9.40. The molecule has 0 saturated carbocycles. The van der Waals surface area contributed by atoms with E-state index in [9.17, 15) is 13.2 Å². The van der Waals surface area contributed by atoms with Crippen LogP contribution < -0.4 is 4.74 Å². The number of hydrogen-bond acceptors (Lipinski definition) is 2. The number of aromatic nitrogens is 1. The van der Waals surface area contributed by atoms with Crippen LogP contribution in [0.2, 0.25) is 0 Å². The third-order valence-corrected chi connectivity index (χ3v) is 9.40. The van der Waals surface area contributed by atoms with Crippen molar-refractivity contribution in [2.75, 3.05) is 0 Å². The first-order valence-electron chi connectivity index (χ1n) is 13.6. The fourth-order valence-corrected chi connectivity index (χ4v) is 7.28. The lowest BCUT2D eigenvalue weighted by Gasteiger charge is -2.35. The molecule has 5 heteroatoms. The molecule has 0 amide bonds. The largest absolute Gasteiger partial charge is 0.456 e. The number of pyridine rings is 1. The first kappa shape index (κ1) is 23.7. The number of halogens is 3. The van der Waals surface area contributed by atoms with Gasteiger partial charge in [-0.1, -0.05) is 64.1 Å². The van der Waals surface area contributed by atoms with Crippen LogP contribution in [0.3, 0.4) is 0 Å². The second kappa shape index (κ2) is 7.14. The minimum absolute atomic E-state index is 0.00367. The fourth-order valence-electron chi connectivity index (χ4n) is 7.28. The summed E-state index contributed by atoms with van der Waals surface area (Å²) in [5.74, 6) is 1.74. The van der Waals surface area contributed by atoms with Crippen LogP contribution in [0, 0.1) is 6.92 Å². The average Bonchev–Trinajstić information content (AvgIpc) is 3.11. The SMILES string of the molecule is Cc1nc2c(cc1C(F)(F)F)C(C)(C)c1cc3ccc4cc5c(c6ccc(c1-2)c3c46)Oc1ccccc1C5(C)C. The van der Waals surface area contributed by atoms with Crippen LogP contribution in [0.1, 0.15) is 61.2 Å². The van der Waals surface area contributed by atoms with Crippen molar-refractivity contribution >= 4 is 32.3 Å². The molecule has 2 nitrogen and oxygen atoms in total. The molecule has 8 rings (SSSR count). The molecule has 198 valence electrons. The zero-order valence-corrected chi connectivity index (χ0v) is 22.8. The molecule has 2 aliphatic rings. The van der Waals surface area contributed by atoms with Gasteiger partial charge in [-0.3, -0.25) is 4.98 Å². The van der Waals surface area contributed by atoms with Gasteiger partial charge in [-0.2, -0.15) is 13.2 Å². The van der Waals surface area contributed by atoms with E-state index >= 15 is 0 Å². The van der Waals surface area contributed by atoms with Crippen molar-refractivity contribution in [3.05, 3.63) is 100 Å². The van der Waals surface area contributed by atoms with Crippen LogP contribution in [0.25, 0.3) is 43.6 Å². The van der Waals surface area contributed by atoms with Gasteiger partial charge in [0.2, 0.25) is 0 Å². The highest BCUT2D eigenvalue weighted by atomic mass is 19.4. The minimum atomic E-state index is -4.45. The van der Waals surface area contributed by atoms with E-state index in [1.54, 1.807) is 0 Å². The van der Waals surface area contributed by atoms with Crippen molar-refractivity contribution in [2.24, 2.45) is 0 Å². The van der Waals surface area contributed by atoms with Gasteiger partial charge >= 0.3 is 6.18 Å². The standard InChI is InChI=1S/C35H26F3NO/c1-17-23(35(36,37)38)16-25-31(39-17)30-20-12-13-21-29-19(11-10-18(28(20)29)14-24(30)34(25,4)5)15-26-32(21)40-27-9-7-6-8-22(27)33(26,2)3/h6-16H,1-5H3. The molecule has 2 heterocycles. The lowest BCUT2D eigenvalue weighted by Crippen LogP contribution is -2.24. The fraction of sp³-hybridized carbons (Fsp3) is 0.229. The second-order valence-electron chi connectivity index (χ2n) is 12.3. The van der Waals surface area contributed by atoms with Crippen molar-refractivity contribution in [3.8, 4) is 22.8 Å². The Labute approximate surface area is 229 Å². The van der Waals surface area contributed by atoms with E-state index in [0.29, 0.717) is 11.3 Å². The maximum absolute atomic E-state index is 13.9. The van der Waals surface area contributed by atoms with Crippen molar-refractivity contribution in [3.63, 3.8) is 0 Å². The van der Waals surface area contributed by atoms with E-state index < -0.39 is 17.2 Å². The minimum Gasteiger partial charge on any atom is -0.456 e. The Kier molecular flexibility index (Phi) is 4.24. The van der Waals surface area contributed by atoms with Gasteiger partial charge in [-0.25, -0.2) is 0 Å². The van der Waals surface area contributed by atoms with Gasteiger partial charge in [0.1, 0.15) is 11.5 Å². The Morgan fingerprint density at radius 2 is 1.32 bits per heavy atom. The summed E-state index contributed by atoms with van der Waals surface area (Å²) in [7, 11) is 0. The number of alkyl halides is 3. The van der Waals surface area contributed by atoms with Gasteiger partial charge in [0, 0.05) is 38.3 Å². The van der Waals surface area contributed by atoms with E-state index in [2.05, 4.69) is 61.3 Å². The summed E-state index contributed by atoms with van der Waals surface area (Å²) in [5, 5.41) is 6.45. The number of rotatable bonds is 0. The van der Waals surface area contributed by atoms with E-state index in [1.807, 2.05) is 32.0 Å². The lowest BCUT2D eigenvalue weighted by molar-refractivity contribution is -0.138. The Bertz CT molecular complexity index is 2080. The Balaban J connectivity index is 1.47. The van der Waals surface area contributed by atoms with Crippen LogP contribution in [0.4, 0.5) is 13.2 Å². The van der Waals surface area contributed by atoms with E-state index in [4.69, 9.17) is 4.74 Å². The summed E-state index contributed by atoms with van der Waals surface area (Å²) in [6.07, 6.45) is -4.45. The first-order valence-corrected chi connectivity index (χ1v) is 13.6. The number of para-hydroxylation sites is 1. The maximum atomic E-state index is 13.9. The van der Waals surface area contributed by atoms with Crippen LogP contribution >= 0.6 is 0 Å². The number of hydrogen-bond donors (Lipinski definition) is 0. The van der Waals surface area contributed by atoms with Gasteiger partial charge in [0.25, 0.3) is 0 Å². The number of aryl methyl sites for hydroxylation is 1. The normalized spacial score (nSPS) is 16.6. The number of nitrogens with zero attached hydrogens (tertiary/aromatic N) is 1. The van der Waals surface area contributed by atoms with Gasteiger partial charge < -0.3 is 4.74 Å². The Morgan fingerprint density at radius 1 is 0.700 bits per heavy atom. The van der Waals surface area contributed by atoms with Crippen molar-refractivity contribution in [1.29, 1.82) is 0 Å². The molecule has 1 aliphatic carbocycles. The predicted octanol–water partition coefficient (Wildman–Crippen LogP) is 10.0. The summed E-state index contributed by atoms with van der Waals surface area (Å²) in [6, 6.07) is 22.4. The average molecular weight is 534 g/mol. The molecule has 0 radical (unpaired) electrons. The summed E-state index contributed by atoms with van der Waals surface area (Å²) >= 11 is 0. The number of fused-ring (bicyclic) bond motifs is 7. The number of ether oxygens (including phenoxy) is 1. The molecule has 0 saturated heterocycles. The molecule has 5 aromatic carbocycles. The van der Waals surface area contributed by atoms with Crippen molar-refractivity contribution < 1.29 is 17.9 Å². The van der Waals surface area contributed by atoms with Gasteiger partial charge in [-0.05, 0) is 69.9 Å². The molecule has 0 atom stereocenters. The Hall–Kier alpha value is -4.12. The second-order valence-corrected chi connectivity index (χ2v) is 12.3. The molecular weight excluding hydrogens is 507 g/mol. The Morgan fingerprint density at radius 3 is 2.05 bits per heavy atom. The van der Waals surface area contributed by atoms with Gasteiger partial charge in [-0.15, -0.1) is 0 Å². The third kappa shape index (κ3) is 2.78. The van der Waals surface area contributed by atoms with Crippen LogP contribution in [-0.4, -0.2) is 4.98 Å². The first-order chi connectivity index (χ1) is 18.9. The zero-order chi connectivity index (χ0) is 27.9. The summed E-state index contributed by atoms with van der Waals surface area (Å²) in [4.78, 5) is 4.61. The van der Waals surface area contributed by atoms with Gasteiger partial charge in [0.05, 0.1) is 17.0 Å². The highest BCUT2D eigenvalue weighted by molar-refractivity contribution is 6.27. The molecule has 1 aromatic heterocycles. The van der Waals surface area contributed by atoms with Gasteiger partial charge in [0.15, 0.2) is 0 Å². The van der Waals surface area contributed by atoms with Crippen molar-refractivity contribution in [1.82, 2.24) is 4.98 Å². The highest BCUT2D eigenvalue weighted by Gasteiger charge is 2.43. The summed E-state index contributed by atoms with van der Waals surface area (Å²) in [5.41, 5.74) is 3.99. The quantitative estimate of drug-likeness (QED) is 0.181. The van der Waals surface area contributed by atoms with Crippen molar-refractivity contribution in [2.45, 2.75) is 51.6 Å². The summed E-state index contributed by atoms with van der Waals surface area (Å²) < 4.78 is 48.2.